The topological polar surface area (TPSA) is 99.0 Å². The van der Waals surface area contributed by atoms with Crippen LogP contribution in [0.3, 0.4) is 0 Å². The Bertz CT molecular complexity index is 1590. The molecule has 170 valence electrons. The maximum absolute atomic E-state index is 13.0. The van der Waals surface area contributed by atoms with Gasteiger partial charge >= 0.3 is 0 Å². The van der Waals surface area contributed by atoms with Gasteiger partial charge in [0, 0.05) is 29.5 Å². The Morgan fingerprint density at radius 3 is 2.44 bits per heavy atom. The van der Waals surface area contributed by atoms with E-state index in [0.717, 1.165) is 11.2 Å². The summed E-state index contributed by atoms with van der Waals surface area (Å²) < 4.78 is 36.5. The van der Waals surface area contributed by atoms with Gasteiger partial charge < -0.3 is 4.74 Å². The number of imidazole rings is 1. The quantitative estimate of drug-likeness (QED) is 0.373. The number of anilines is 1. The van der Waals surface area contributed by atoms with Gasteiger partial charge in [-0.05, 0) is 49.6 Å². The standard InChI is InChI=1S/C25H21N5O3S/c1-17-27-24(30-15-14-26-18(30)2)16-25(28-17)33-21-12-10-20(11-13-21)29-34(31,32)23-9-5-7-19-6-3-4-8-22(19)23/h3-16,29H,1-2H3. The highest BCUT2D eigenvalue weighted by Crippen LogP contribution is 2.27. The molecule has 0 saturated heterocycles. The number of benzene rings is 3. The van der Waals surface area contributed by atoms with E-state index >= 15 is 0 Å². The lowest BCUT2D eigenvalue weighted by Gasteiger charge is -2.12. The van der Waals surface area contributed by atoms with Crippen LogP contribution in [0.15, 0.2) is 90.1 Å². The Labute approximate surface area is 197 Å². The van der Waals surface area contributed by atoms with Crippen LogP contribution in [0.25, 0.3) is 16.6 Å². The van der Waals surface area contributed by atoms with Crippen molar-refractivity contribution in [3.05, 3.63) is 96.8 Å². The molecule has 34 heavy (non-hydrogen) atoms. The van der Waals surface area contributed by atoms with Gasteiger partial charge in [-0.2, -0.15) is 4.98 Å². The summed E-state index contributed by atoms with van der Waals surface area (Å²) in [5.41, 5.74) is 0.425. The number of hydrogen-bond donors (Lipinski definition) is 1. The van der Waals surface area contributed by atoms with Crippen molar-refractivity contribution in [2.24, 2.45) is 0 Å². The van der Waals surface area contributed by atoms with Gasteiger partial charge in [0.1, 0.15) is 23.2 Å². The molecular weight excluding hydrogens is 450 g/mol. The average Bonchev–Trinajstić information content (AvgIpc) is 3.25. The van der Waals surface area contributed by atoms with Crippen LogP contribution in [0.5, 0.6) is 11.6 Å². The summed E-state index contributed by atoms with van der Waals surface area (Å²) >= 11 is 0. The fraction of sp³-hybridized carbons (Fsp3) is 0.0800. The van der Waals surface area contributed by atoms with Crippen LogP contribution in [-0.4, -0.2) is 27.9 Å². The van der Waals surface area contributed by atoms with E-state index in [1.807, 2.05) is 42.0 Å². The van der Waals surface area contributed by atoms with E-state index in [-0.39, 0.29) is 4.90 Å². The van der Waals surface area contributed by atoms with Gasteiger partial charge in [-0.15, -0.1) is 0 Å². The van der Waals surface area contributed by atoms with E-state index in [2.05, 4.69) is 19.7 Å². The number of nitrogens with one attached hydrogen (secondary N) is 1. The molecule has 5 rings (SSSR count). The highest BCUT2D eigenvalue weighted by Gasteiger charge is 2.17. The second-order valence-corrected chi connectivity index (χ2v) is 9.32. The minimum atomic E-state index is -3.77. The van der Waals surface area contributed by atoms with Crippen molar-refractivity contribution >= 4 is 26.5 Å². The summed E-state index contributed by atoms with van der Waals surface area (Å²) in [4.78, 5) is 13.2. The minimum Gasteiger partial charge on any atom is -0.439 e. The maximum atomic E-state index is 13.0. The molecule has 0 atom stereocenters. The number of ether oxygens (including phenoxy) is 1. The molecule has 0 amide bonds. The van der Waals surface area contributed by atoms with Crippen molar-refractivity contribution in [2.45, 2.75) is 18.7 Å². The molecule has 8 nitrogen and oxygen atoms in total. The summed E-state index contributed by atoms with van der Waals surface area (Å²) in [5, 5.41) is 1.53. The first-order valence-electron chi connectivity index (χ1n) is 10.5. The van der Waals surface area contributed by atoms with Gasteiger partial charge in [0.2, 0.25) is 5.88 Å². The SMILES string of the molecule is Cc1nc(Oc2ccc(NS(=O)(=O)c3cccc4ccccc34)cc2)cc(-n2ccnc2C)n1. The molecule has 0 spiro atoms. The number of rotatable bonds is 6. The Balaban J connectivity index is 1.36. The zero-order chi connectivity index (χ0) is 23.7. The first kappa shape index (κ1) is 21.6. The van der Waals surface area contributed by atoms with Crippen molar-refractivity contribution < 1.29 is 13.2 Å². The van der Waals surface area contributed by atoms with E-state index < -0.39 is 10.0 Å². The molecule has 2 aromatic heterocycles. The van der Waals surface area contributed by atoms with Gasteiger partial charge in [0.15, 0.2) is 0 Å². The predicted molar refractivity (Wildman–Crippen MR) is 130 cm³/mol. The number of aryl methyl sites for hydroxylation is 2. The molecule has 0 aliphatic carbocycles. The van der Waals surface area contributed by atoms with Crippen LogP contribution in [0.1, 0.15) is 11.6 Å². The Morgan fingerprint density at radius 2 is 1.68 bits per heavy atom. The number of sulfonamides is 1. The summed E-state index contributed by atoms with van der Waals surface area (Å²) in [5.74, 6) is 2.89. The molecule has 0 radical (unpaired) electrons. The van der Waals surface area contributed by atoms with Crippen molar-refractivity contribution in [3.8, 4) is 17.4 Å². The van der Waals surface area contributed by atoms with Crippen LogP contribution in [0.4, 0.5) is 5.69 Å². The largest absolute Gasteiger partial charge is 0.439 e. The molecule has 0 fully saturated rings. The van der Waals surface area contributed by atoms with Crippen LogP contribution in [0, 0.1) is 13.8 Å². The molecule has 0 aliphatic rings. The summed E-state index contributed by atoms with van der Waals surface area (Å²) in [6.45, 7) is 3.67. The van der Waals surface area contributed by atoms with Gasteiger partial charge in [-0.1, -0.05) is 36.4 Å². The molecule has 2 heterocycles. The smallest absolute Gasteiger partial charge is 0.262 e. The van der Waals surface area contributed by atoms with Gasteiger partial charge in [-0.3, -0.25) is 9.29 Å². The molecule has 0 aliphatic heterocycles. The average molecular weight is 472 g/mol. The maximum Gasteiger partial charge on any atom is 0.262 e. The fourth-order valence-electron chi connectivity index (χ4n) is 3.67. The number of fused-ring (bicyclic) bond motifs is 1. The monoisotopic (exact) mass is 471 g/mol. The number of aromatic nitrogens is 4. The molecule has 9 heteroatoms. The first-order valence-corrected chi connectivity index (χ1v) is 12.0. The van der Waals surface area contributed by atoms with E-state index in [4.69, 9.17) is 4.74 Å². The molecular formula is C25H21N5O3S. The van der Waals surface area contributed by atoms with Gasteiger partial charge in [0.25, 0.3) is 10.0 Å². The fourth-order valence-corrected chi connectivity index (χ4v) is 4.96. The molecule has 0 saturated carbocycles. The van der Waals surface area contributed by atoms with Crippen LogP contribution in [0.2, 0.25) is 0 Å². The molecule has 0 unspecified atom stereocenters. The summed E-state index contributed by atoms with van der Waals surface area (Å²) in [6, 6.07) is 21.0. The highest BCUT2D eigenvalue weighted by atomic mass is 32.2. The molecule has 3 aromatic carbocycles. The van der Waals surface area contributed by atoms with Crippen molar-refractivity contribution in [1.29, 1.82) is 0 Å². The summed E-state index contributed by atoms with van der Waals surface area (Å²) in [7, 11) is -3.77. The predicted octanol–water partition coefficient (Wildman–Crippen LogP) is 5.03. The van der Waals surface area contributed by atoms with E-state index in [1.165, 1.54) is 0 Å². The van der Waals surface area contributed by atoms with E-state index in [1.54, 1.807) is 61.7 Å². The highest BCUT2D eigenvalue weighted by molar-refractivity contribution is 7.93. The van der Waals surface area contributed by atoms with E-state index in [0.29, 0.717) is 34.3 Å². The lowest BCUT2D eigenvalue weighted by atomic mass is 10.1. The minimum absolute atomic E-state index is 0.227. The zero-order valence-electron chi connectivity index (χ0n) is 18.5. The van der Waals surface area contributed by atoms with E-state index in [9.17, 15) is 8.42 Å². The first-order chi connectivity index (χ1) is 16.4. The van der Waals surface area contributed by atoms with Crippen LogP contribution < -0.4 is 9.46 Å². The molecule has 0 bridgehead atoms. The molecule has 1 N–H and O–H groups in total. The lowest BCUT2D eigenvalue weighted by Crippen LogP contribution is -2.13. The number of hydrogen-bond acceptors (Lipinski definition) is 6. The summed E-state index contributed by atoms with van der Waals surface area (Å²) in [6.07, 6.45) is 3.52. The van der Waals surface area contributed by atoms with Crippen molar-refractivity contribution in [3.63, 3.8) is 0 Å². The Hall–Kier alpha value is -4.24. The Morgan fingerprint density at radius 1 is 0.912 bits per heavy atom. The van der Waals surface area contributed by atoms with Crippen molar-refractivity contribution in [2.75, 3.05) is 4.72 Å². The van der Waals surface area contributed by atoms with Crippen LogP contribution >= 0.6 is 0 Å². The normalized spacial score (nSPS) is 11.5. The zero-order valence-corrected chi connectivity index (χ0v) is 19.3. The Kier molecular flexibility index (Phi) is 5.46. The molecule has 5 aromatic rings. The third-order valence-electron chi connectivity index (χ3n) is 5.24. The van der Waals surface area contributed by atoms with Crippen molar-refractivity contribution in [1.82, 2.24) is 19.5 Å². The van der Waals surface area contributed by atoms with Gasteiger partial charge in [0.05, 0.1) is 4.90 Å². The second-order valence-electron chi connectivity index (χ2n) is 7.67. The lowest BCUT2D eigenvalue weighted by molar-refractivity contribution is 0.459. The van der Waals surface area contributed by atoms with Crippen LogP contribution in [-0.2, 0) is 10.0 Å². The van der Waals surface area contributed by atoms with Gasteiger partial charge in [-0.25, -0.2) is 18.4 Å². The third-order valence-corrected chi connectivity index (χ3v) is 6.68. The second kappa shape index (κ2) is 8.60. The third kappa shape index (κ3) is 4.33. The number of nitrogens with zero attached hydrogens (tertiary/aromatic N) is 4.